The van der Waals surface area contributed by atoms with Crippen LogP contribution in [0.4, 0.5) is 27.7 Å². The van der Waals surface area contributed by atoms with Crippen LogP contribution in [-0.4, -0.2) is 52.3 Å². The lowest BCUT2D eigenvalue weighted by Gasteiger charge is -2.17. The van der Waals surface area contributed by atoms with E-state index in [1.165, 1.54) is 44.4 Å². The van der Waals surface area contributed by atoms with Crippen LogP contribution in [0.2, 0.25) is 0 Å². The Bertz CT molecular complexity index is 2200. The molecule has 16 heteroatoms. The highest BCUT2D eigenvalue weighted by Gasteiger charge is 2.21. The van der Waals surface area contributed by atoms with E-state index in [0.29, 0.717) is 28.2 Å². The highest BCUT2D eigenvalue weighted by atomic mass is 32.2. The van der Waals surface area contributed by atoms with Crippen molar-refractivity contribution in [3.8, 4) is 11.1 Å². The van der Waals surface area contributed by atoms with Crippen LogP contribution in [0.1, 0.15) is 30.5 Å². The van der Waals surface area contributed by atoms with Gasteiger partial charge < -0.3 is 5.32 Å². The number of sulfonamides is 2. The Kier molecular flexibility index (Phi) is 11.2. The van der Waals surface area contributed by atoms with Crippen molar-refractivity contribution < 1.29 is 21.2 Å². The van der Waals surface area contributed by atoms with E-state index < -0.39 is 25.9 Å². The summed E-state index contributed by atoms with van der Waals surface area (Å²) in [6.45, 7) is 5.28. The molecule has 1 heterocycles. The maximum Gasteiger partial charge on any atom is 0.240 e. The van der Waals surface area contributed by atoms with Crippen LogP contribution in [0.15, 0.2) is 117 Å². The Balaban J connectivity index is 1.61. The summed E-state index contributed by atoms with van der Waals surface area (Å²) in [4.78, 5) is 9.56. The second-order valence-electron chi connectivity index (χ2n) is 11.2. The molecule has 0 aliphatic heterocycles. The number of hydrogen-bond donors (Lipinski definition) is 5. The molecule has 0 fully saturated rings. The summed E-state index contributed by atoms with van der Waals surface area (Å²) in [7, 11) is -4.57. The maximum absolute atomic E-state index is 15.6. The third kappa shape index (κ3) is 8.79. The molecule has 1 aromatic heterocycles. The molecular weight excluding hydrogens is 694 g/mol. The van der Waals surface area contributed by atoms with E-state index in [-0.39, 0.29) is 38.5 Å². The van der Waals surface area contributed by atoms with E-state index in [1.54, 1.807) is 50.2 Å². The van der Waals surface area contributed by atoms with Gasteiger partial charge in [0.25, 0.3) is 0 Å². The van der Waals surface area contributed by atoms with Gasteiger partial charge in [0, 0.05) is 11.3 Å². The van der Waals surface area contributed by atoms with Crippen molar-refractivity contribution in [1.82, 2.24) is 19.4 Å². The van der Waals surface area contributed by atoms with Crippen molar-refractivity contribution in [2.45, 2.75) is 30.6 Å². The van der Waals surface area contributed by atoms with Gasteiger partial charge >= 0.3 is 0 Å². The topological polar surface area (TPSA) is 179 Å². The first-order valence-corrected chi connectivity index (χ1v) is 18.5. The molecule has 0 aliphatic carbocycles. The quantitative estimate of drug-likeness (QED) is 0.0737. The number of anilines is 4. The predicted octanol–water partition coefficient (Wildman–Crippen LogP) is 5.82. The molecule has 4 aromatic carbocycles. The molecule has 0 atom stereocenters. The molecular formula is C35H36FN9O4S2. The van der Waals surface area contributed by atoms with Crippen LogP contribution in [-0.2, 0) is 20.0 Å². The maximum atomic E-state index is 15.6. The van der Waals surface area contributed by atoms with Crippen LogP contribution >= 0.6 is 0 Å². The monoisotopic (exact) mass is 729 g/mol. The number of nitrogens with one attached hydrogen (secondary N) is 5. The van der Waals surface area contributed by atoms with E-state index in [1.807, 2.05) is 37.3 Å². The van der Waals surface area contributed by atoms with Crippen LogP contribution in [0.3, 0.4) is 0 Å². The molecule has 0 amide bonds. The number of benzene rings is 4. The van der Waals surface area contributed by atoms with Gasteiger partial charge in [0.1, 0.15) is 5.82 Å². The second-order valence-corrected chi connectivity index (χ2v) is 14.9. The van der Waals surface area contributed by atoms with Gasteiger partial charge in [-0.1, -0.05) is 54.1 Å². The minimum atomic E-state index is -3.62. The summed E-state index contributed by atoms with van der Waals surface area (Å²) in [6, 6.07) is 26.2. The highest BCUT2D eigenvalue weighted by molar-refractivity contribution is 7.89. The number of hydrogen-bond acceptors (Lipinski definition) is 11. The number of halogens is 1. The Hall–Kier alpha value is -5.55. The number of aryl methyl sites for hydroxylation is 1. The minimum Gasteiger partial charge on any atom is -0.324 e. The first-order chi connectivity index (χ1) is 24.3. The van der Waals surface area contributed by atoms with Crippen molar-refractivity contribution in [2.24, 2.45) is 10.2 Å². The molecule has 0 saturated carbocycles. The van der Waals surface area contributed by atoms with Gasteiger partial charge in [-0.15, -0.1) is 0 Å². The van der Waals surface area contributed by atoms with Crippen molar-refractivity contribution in [1.29, 1.82) is 0 Å². The van der Waals surface area contributed by atoms with Gasteiger partial charge in [-0.2, -0.15) is 20.2 Å². The summed E-state index contributed by atoms with van der Waals surface area (Å²) < 4.78 is 69.0. The van der Waals surface area contributed by atoms with Gasteiger partial charge in [0.05, 0.1) is 26.8 Å². The molecule has 5 N–H and O–H groups in total. The standard InChI is InChI=1S/C35H36FN9O4S2/c1-22-11-20-31(36)30(21-22)32-33(44-42-23(2)25-12-16-28(17-13-25)50(46,47)37-4)40-35(39-27-9-7-6-8-10-27)41-34(32)45-43-24(3)26-14-18-29(19-15-26)51(48,49)38-5/h6-21,37-38H,1-5H3,(H3,39,40,41,44,45). The molecule has 264 valence electrons. The lowest BCUT2D eigenvalue weighted by molar-refractivity contribution is 0.586. The predicted molar refractivity (Wildman–Crippen MR) is 199 cm³/mol. The Morgan fingerprint density at radius 3 is 1.59 bits per heavy atom. The van der Waals surface area contributed by atoms with Crippen molar-refractivity contribution >= 4 is 54.7 Å². The van der Waals surface area contributed by atoms with E-state index in [9.17, 15) is 16.8 Å². The van der Waals surface area contributed by atoms with Crippen LogP contribution in [0, 0.1) is 12.7 Å². The average molecular weight is 730 g/mol. The summed E-state index contributed by atoms with van der Waals surface area (Å²) in [5.74, 6) is -0.118. The summed E-state index contributed by atoms with van der Waals surface area (Å²) in [5.41, 5.74) is 10.1. The number of para-hydroxylation sites is 1. The lowest BCUT2D eigenvalue weighted by atomic mass is 10.0. The minimum absolute atomic E-state index is 0.102. The van der Waals surface area contributed by atoms with E-state index >= 15 is 4.39 Å². The lowest BCUT2D eigenvalue weighted by Crippen LogP contribution is -2.18. The Morgan fingerprint density at radius 1 is 0.667 bits per heavy atom. The third-order valence-corrected chi connectivity index (χ3v) is 10.6. The smallest absolute Gasteiger partial charge is 0.240 e. The molecule has 0 aliphatic rings. The average Bonchev–Trinajstić information content (AvgIpc) is 3.14. The fourth-order valence-corrected chi connectivity index (χ4v) is 6.26. The zero-order valence-electron chi connectivity index (χ0n) is 28.4. The molecule has 5 rings (SSSR count). The molecule has 0 unspecified atom stereocenters. The van der Waals surface area contributed by atoms with Gasteiger partial charge in [0.15, 0.2) is 11.6 Å². The zero-order chi connectivity index (χ0) is 36.8. The van der Waals surface area contributed by atoms with Crippen molar-refractivity contribution in [3.05, 3.63) is 120 Å². The SMILES string of the molecule is CNS(=O)(=O)c1ccc(C(C)=NNc2nc(Nc3ccccc3)nc(NN=C(C)c3ccc(S(=O)(=O)NC)cc3)c2-c2cc(C)ccc2F)cc1. The summed E-state index contributed by atoms with van der Waals surface area (Å²) in [6.07, 6.45) is 0. The molecule has 13 nitrogen and oxygen atoms in total. The summed E-state index contributed by atoms with van der Waals surface area (Å²) >= 11 is 0. The molecule has 0 radical (unpaired) electrons. The van der Waals surface area contributed by atoms with Crippen LogP contribution < -0.4 is 25.6 Å². The normalized spacial score (nSPS) is 12.4. The zero-order valence-corrected chi connectivity index (χ0v) is 30.0. The first-order valence-electron chi connectivity index (χ1n) is 15.5. The van der Waals surface area contributed by atoms with Gasteiger partial charge in [-0.3, -0.25) is 10.9 Å². The van der Waals surface area contributed by atoms with Gasteiger partial charge in [-0.05, 0) is 94.5 Å². The fraction of sp³-hybridized carbons (Fsp3) is 0.143. The van der Waals surface area contributed by atoms with Crippen molar-refractivity contribution in [3.63, 3.8) is 0 Å². The number of aromatic nitrogens is 2. The molecule has 0 bridgehead atoms. The molecule has 5 aromatic rings. The number of hydrazone groups is 2. The molecule has 51 heavy (non-hydrogen) atoms. The van der Waals surface area contributed by atoms with E-state index in [0.717, 1.165) is 5.56 Å². The molecule has 0 saturated heterocycles. The van der Waals surface area contributed by atoms with Gasteiger partial charge in [-0.25, -0.2) is 30.7 Å². The van der Waals surface area contributed by atoms with Crippen LogP contribution in [0.5, 0.6) is 0 Å². The van der Waals surface area contributed by atoms with Gasteiger partial charge in [0.2, 0.25) is 26.0 Å². The second kappa shape index (κ2) is 15.6. The first kappa shape index (κ1) is 36.7. The Labute approximate surface area is 296 Å². The van der Waals surface area contributed by atoms with Crippen LogP contribution in [0.25, 0.3) is 11.1 Å². The van der Waals surface area contributed by atoms with E-state index in [2.05, 4.69) is 45.8 Å². The fourth-order valence-electron chi connectivity index (χ4n) is 4.80. The summed E-state index contributed by atoms with van der Waals surface area (Å²) in [5, 5.41) is 12.2. The van der Waals surface area contributed by atoms with Crippen molar-refractivity contribution in [2.75, 3.05) is 30.3 Å². The highest BCUT2D eigenvalue weighted by Crippen LogP contribution is 2.37. The number of nitrogens with zero attached hydrogens (tertiary/aromatic N) is 4. The van der Waals surface area contributed by atoms with E-state index in [4.69, 9.17) is 0 Å². The number of rotatable bonds is 13. The Morgan fingerprint density at radius 2 is 1.14 bits per heavy atom. The largest absolute Gasteiger partial charge is 0.324 e. The molecule has 0 spiro atoms. The third-order valence-electron chi connectivity index (χ3n) is 7.69.